The summed E-state index contributed by atoms with van der Waals surface area (Å²) in [4.78, 5) is 14.1. The summed E-state index contributed by atoms with van der Waals surface area (Å²) in [5.41, 5.74) is 0.743. The molecule has 0 aliphatic heterocycles. The van der Waals surface area contributed by atoms with E-state index in [9.17, 15) is 4.79 Å². The molecule has 0 bridgehead atoms. The Hall–Kier alpha value is -0.880. The van der Waals surface area contributed by atoms with Gasteiger partial charge in [0.25, 0.3) is 5.56 Å². The Labute approximate surface area is 115 Å². The van der Waals surface area contributed by atoms with Gasteiger partial charge in [-0.2, -0.15) is 5.10 Å². The number of hydrogen-bond acceptors (Lipinski definition) is 4. The van der Waals surface area contributed by atoms with Gasteiger partial charge in [-0.25, -0.2) is 4.68 Å². The van der Waals surface area contributed by atoms with Crippen LogP contribution in [0.2, 0.25) is 0 Å². The summed E-state index contributed by atoms with van der Waals surface area (Å²) in [6.45, 7) is 1.41. The Balaban J connectivity index is 2.10. The lowest BCUT2D eigenvalue weighted by atomic mass is 9.93. The van der Waals surface area contributed by atoms with E-state index in [1.165, 1.54) is 23.9 Å². The van der Waals surface area contributed by atoms with Crippen LogP contribution in [0, 0.1) is 0 Å². The highest BCUT2D eigenvalue weighted by Crippen LogP contribution is 2.25. The number of halogens is 1. The molecule has 0 radical (unpaired) electrons. The van der Waals surface area contributed by atoms with Gasteiger partial charge in [-0.05, 0) is 49.3 Å². The molecule has 0 unspecified atom stereocenters. The van der Waals surface area contributed by atoms with Crippen molar-refractivity contribution in [1.82, 2.24) is 14.7 Å². The second-order valence-corrected chi connectivity index (χ2v) is 5.77. The standard InChI is InChI=1S/C12H19BrN4O/c1-16(2)6-7-17-12(18)11(13)10(8-14-17)15-9-4-3-5-9/h8-9,15H,3-7H2,1-2H3. The van der Waals surface area contributed by atoms with Crippen molar-refractivity contribution in [3.05, 3.63) is 21.0 Å². The second kappa shape index (κ2) is 5.84. The van der Waals surface area contributed by atoms with E-state index in [-0.39, 0.29) is 5.56 Å². The first-order valence-electron chi connectivity index (χ1n) is 6.25. The van der Waals surface area contributed by atoms with Gasteiger partial charge >= 0.3 is 0 Å². The average Bonchev–Trinajstić information content (AvgIpc) is 2.27. The second-order valence-electron chi connectivity index (χ2n) is 4.98. The van der Waals surface area contributed by atoms with Crippen LogP contribution in [-0.4, -0.2) is 41.4 Å². The zero-order valence-electron chi connectivity index (χ0n) is 10.8. The van der Waals surface area contributed by atoms with Crippen LogP contribution in [0.3, 0.4) is 0 Å². The number of rotatable bonds is 5. The Bertz CT molecular complexity index is 468. The fourth-order valence-corrected chi connectivity index (χ4v) is 2.21. The topological polar surface area (TPSA) is 50.2 Å². The number of hydrogen-bond donors (Lipinski definition) is 1. The highest BCUT2D eigenvalue weighted by molar-refractivity contribution is 9.10. The summed E-state index contributed by atoms with van der Waals surface area (Å²) in [5.74, 6) is 0. The smallest absolute Gasteiger partial charge is 0.283 e. The minimum atomic E-state index is -0.0684. The maximum absolute atomic E-state index is 12.1. The molecule has 1 heterocycles. The number of anilines is 1. The monoisotopic (exact) mass is 314 g/mol. The van der Waals surface area contributed by atoms with Gasteiger partial charge in [-0.1, -0.05) is 0 Å². The van der Waals surface area contributed by atoms with E-state index < -0.39 is 0 Å². The molecule has 1 aliphatic rings. The summed E-state index contributed by atoms with van der Waals surface area (Å²) in [6, 6.07) is 0.500. The third-order valence-electron chi connectivity index (χ3n) is 3.21. The van der Waals surface area contributed by atoms with Crippen molar-refractivity contribution >= 4 is 21.6 Å². The Morgan fingerprint density at radius 3 is 2.83 bits per heavy atom. The first-order chi connectivity index (χ1) is 8.58. The molecule has 1 fully saturated rings. The van der Waals surface area contributed by atoms with Crippen LogP contribution in [-0.2, 0) is 6.54 Å². The fourth-order valence-electron chi connectivity index (χ4n) is 1.79. The van der Waals surface area contributed by atoms with Crippen molar-refractivity contribution in [3.8, 4) is 0 Å². The lowest BCUT2D eigenvalue weighted by Crippen LogP contribution is -2.32. The number of likely N-dealkylation sites (N-methyl/N-ethyl adjacent to an activating group) is 1. The molecule has 5 nitrogen and oxygen atoms in total. The molecular weight excluding hydrogens is 296 g/mol. The molecule has 0 aromatic carbocycles. The molecule has 100 valence electrons. The molecule has 1 N–H and O–H groups in total. The van der Waals surface area contributed by atoms with Crippen molar-refractivity contribution in [2.24, 2.45) is 0 Å². The first kappa shape index (κ1) is 13.5. The van der Waals surface area contributed by atoms with Crippen LogP contribution >= 0.6 is 15.9 Å². The number of nitrogens with zero attached hydrogens (tertiary/aromatic N) is 3. The third kappa shape index (κ3) is 3.11. The quantitative estimate of drug-likeness (QED) is 0.895. The van der Waals surface area contributed by atoms with Gasteiger partial charge in [0.1, 0.15) is 4.47 Å². The van der Waals surface area contributed by atoms with Gasteiger partial charge < -0.3 is 10.2 Å². The predicted octanol–water partition coefficient (Wildman–Crippen LogP) is 1.53. The number of aromatic nitrogens is 2. The van der Waals surface area contributed by atoms with E-state index in [2.05, 4.69) is 26.3 Å². The van der Waals surface area contributed by atoms with Crippen LogP contribution in [0.5, 0.6) is 0 Å². The van der Waals surface area contributed by atoms with E-state index in [1.807, 2.05) is 19.0 Å². The van der Waals surface area contributed by atoms with Gasteiger partial charge in [0.05, 0.1) is 18.4 Å². The van der Waals surface area contributed by atoms with Gasteiger partial charge in [0, 0.05) is 12.6 Å². The van der Waals surface area contributed by atoms with Gasteiger partial charge in [0.2, 0.25) is 0 Å². The Morgan fingerprint density at radius 1 is 1.56 bits per heavy atom. The van der Waals surface area contributed by atoms with E-state index in [0.29, 0.717) is 17.1 Å². The van der Waals surface area contributed by atoms with Crippen LogP contribution in [0.4, 0.5) is 5.69 Å². The van der Waals surface area contributed by atoms with E-state index in [4.69, 9.17) is 0 Å². The Morgan fingerprint density at radius 2 is 2.28 bits per heavy atom. The zero-order valence-corrected chi connectivity index (χ0v) is 12.4. The lowest BCUT2D eigenvalue weighted by Gasteiger charge is -2.27. The van der Waals surface area contributed by atoms with Crippen LogP contribution < -0.4 is 10.9 Å². The molecule has 0 amide bonds. The summed E-state index contributed by atoms with van der Waals surface area (Å²) in [6.07, 6.45) is 5.36. The average molecular weight is 315 g/mol. The molecule has 1 aromatic rings. The molecule has 1 aliphatic carbocycles. The summed E-state index contributed by atoms with van der Waals surface area (Å²) in [7, 11) is 3.96. The lowest BCUT2D eigenvalue weighted by molar-refractivity contribution is 0.367. The molecule has 1 aromatic heterocycles. The predicted molar refractivity (Wildman–Crippen MR) is 76.0 cm³/mol. The highest BCUT2D eigenvalue weighted by Gasteiger charge is 2.19. The highest BCUT2D eigenvalue weighted by atomic mass is 79.9. The molecule has 0 spiro atoms. The molecular formula is C12H19BrN4O. The van der Waals surface area contributed by atoms with Crippen molar-refractivity contribution in [3.63, 3.8) is 0 Å². The zero-order chi connectivity index (χ0) is 13.1. The van der Waals surface area contributed by atoms with Crippen molar-refractivity contribution in [1.29, 1.82) is 0 Å². The summed E-state index contributed by atoms with van der Waals surface area (Å²) < 4.78 is 2.08. The van der Waals surface area contributed by atoms with Crippen LogP contribution in [0.1, 0.15) is 19.3 Å². The SMILES string of the molecule is CN(C)CCn1ncc(NC2CCC2)c(Br)c1=O. The maximum Gasteiger partial charge on any atom is 0.283 e. The fraction of sp³-hybridized carbons (Fsp3) is 0.667. The van der Waals surface area contributed by atoms with Crippen molar-refractivity contribution < 1.29 is 0 Å². The van der Waals surface area contributed by atoms with E-state index >= 15 is 0 Å². The van der Waals surface area contributed by atoms with Crippen LogP contribution in [0.15, 0.2) is 15.5 Å². The molecule has 0 saturated heterocycles. The van der Waals surface area contributed by atoms with Gasteiger partial charge in [0.15, 0.2) is 0 Å². The number of nitrogens with one attached hydrogen (secondary N) is 1. The molecule has 1 saturated carbocycles. The molecule has 0 atom stereocenters. The summed E-state index contributed by atoms with van der Waals surface area (Å²) >= 11 is 3.37. The largest absolute Gasteiger partial charge is 0.380 e. The van der Waals surface area contributed by atoms with E-state index in [1.54, 1.807) is 6.20 Å². The van der Waals surface area contributed by atoms with Crippen LogP contribution in [0.25, 0.3) is 0 Å². The first-order valence-corrected chi connectivity index (χ1v) is 7.04. The maximum atomic E-state index is 12.1. The van der Waals surface area contributed by atoms with Gasteiger partial charge in [-0.15, -0.1) is 0 Å². The minimum Gasteiger partial charge on any atom is -0.380 e. The Kier molecular flexibility index (Phi) is 4.40. The molecule has 2 rings (SSSR count). The minimum absolute atomic E-state index is 0.0684. The third-order valence-corrected chi connectivity index (χ3v) is 3.98. The van der Waals surface area contributed by atoms with Crippen molar-refractivity contribution in [2.75, 3.05) is 26.0 Å². The van der Waals surface area contributed by atoms with E-state index in [0.717, 1.165) is 12.2 Å². The molecule has 6 heteroatoms. The normalized spacial score (nSPS) is 15.8. The van der Waals surface area contributed by atoms with Gasteiger partial charge in [-0.3, -0.25) is 4.79 Å². The summed E-state index contributed by atoms with van der Waals surface area (Å²) in [5, 5.41) is 7.55. The molecule has 18 heavy (non-hydrogen) atoms. The van der Waals surface area contributed by atoms with Crippen molar-refractivity contribution in [2.45, 2.75) is 31.8 Å².